The Morgan fingerprint density at radius 3 is 2.85 bits per heavy atom. The summed E-state index contributed by atoms with van der Waals surface area (Å²) in [5, 5.41) is 22.9. The number of aliphatic carboxylic acids is 1. The SMILES string of the molecule is CC(C)CC1(C(=O)O)N=CN(CCO)C1c1ccsc1. The number of rotatable bonds is 6. The van der Waals surface area contributed by atoms with Gasteiger partial charge >= 0.3 is 5.97 Å². The average Bonchev–Trinajstić information content (AvgIpc) is 2.97. The molecular weight excluding hydrogens is 276 g/mol. The number of carboxylic acids is 1. The largest absolute Gasteiger partial charge is 0.479 e. The third kappa shape index (κ3) is 2.58. The van der Waals surface area contributed by atoms with E-state index in [1.165, 1.54) is 0 Å². The predicted molar refractivity (Wildman–Crippen MR) is 79.2 cm³/mol. The van der Waals surface area contributed by atoms with Crippen LogP contribution in [0.4, 0.5) is 0 Å². The van der Waals surface area contributed by atoms with E-state index in [9.17, 15) is 15.0 Å². The lowest BCUT2D eigenvalue weighted by atomic mass is 9.80. The molecule has 20 heavy (non-hydrogen) atoms. The molecule has 6 heteroatoms. The van der Waals surface area contributed by atoms with Gasteiger partial charge in [-0.1, -0.05) is 13.8 Å². The number of nitrogens with zero attached hydrogens (tertiary/aromatic N) is 2. The van der Waals surface area contributed by atoms with E-state index in [0.717, 1.165) is 5.56 Å². The van der Waals surface area contributed by atoms with Crippen LogP contribution in [-0.2, 0) is 4.79 Å². The standard InChI is InChI=1S/C14H20N2O3S/c1-10(2)7-14(13(18)19)12(11-3-6-20-8-11)16(4-5-17)9-15-14/h3,6,8-10,12,17H,4-5,7H2,1-2H3,(H,18,19). The molecule has 0 spiro atoms. The summed E-state index contributed by atoms with van der Waals surface area (Å²) < 4.78 is 0. The quantitative estimate of drug-likeness (QED) is 0.842. The minimum atomic E-state index is -1.16. The number of hydrogen-bond acceptors (Lipinski definition) is 5. The average molecular weight is 296 g/mol. The Kier molecular flexibility index (Phi) is 4.45. The van der Waals surface area contributed by atoms with Crippen molar-refractivity contribution < 1.29 is 15.0 Å². The number of thiophene rings is 1. The second-order valence-electron chi connectivity index (χ2n) is 5.49. The molecular formula is C14H20N2O3S. The first-order valence-electron chi connectivity index (χ1n) is 6.68. The molecule has 0 amide bonds. The van der Waals surface area contributed by atoms with Crippen molar-refractivity contribution in [3.8, 4) is 0 Å². The zero-order chi connectivity index (χ0) is 14.8. The summed E-state index contributed by atoms with van der Waals surface area (Å²) in [6.07, 6.45) is 2.05. The lowest BCUT2D eigenvalue weighted by Gasteiger charge is -2.35. The highest BCUT2D eigenvalue weighted by Gasteiger charge is 2.52. The molecule has 1 aromatic rings. The maximum absolute atomic E-state index is 11.9. The summed E-state index contributed by atoms with van der Waals surface area (Å²) in [6, 6.07) is 1.59. The Hall–Kier alpha value is -1.40. The smallest absolute Gasteiger partial charge is 0.334 e. The number of aliphatic imine (C=N–C) groups is 1. The van der Waals surface area contributed by atoms with Gasteiger partial charge in [0.25, 0.3) is 0 Å². The van der Waals surface area contributed by atoms with E-state index < -0.39 is 11.5 Å². The van der Waals surface area contributed by atoms with Crippen LogP contribution in [0.25, 0.3) is 0 Å². The normalized spacial score (nSPS) is 25.6. The molecule has 2 unspecified atom stereocenters. The van der Waals surface area contributed by atoms with Gasteiger partial charge in [0.05, 0.1) is 19.0 Å². The molecule has 0 fully saturated rings. The van der Waals surface area contributed by atoms with Crippen molar-refractivity contribution in [2.45, 2.75) is 31.8 Å². The summed E-state index contributed by atoms with van der Waals surface area (Å²) in [5.74, 6) is -0.683. The van der Waals surface area contributed by atoms with Gasteiger partial charge in [0, 0.05) is 6.54 Å². The lowest BCUT2D eigenvalue weighted by molar-refractivity contribution is -0.145. The maximum Gasteiger partial charge on any atom is 0.334 e. The van der Waals surface area contributed by atoms with Crippen LogP contribution < -0.4 is 0 Å². The monoisotopic (exact) mass is 296 g/mol. The fourth-order valence-electron chi connectivity index (χ4n) is 2.84. The molecule has 2 atom stereocenters. The van der Waals surface area contributed by atoms with Crippen LogP contribution in [0, 0.1) is 5.92 Å². The molecule has 0 radical (unpaired) electrons. The Morgan fingerprint density at radius 1 is 1.60 bits per heavy atom. The van der Waals surface area contributed by atoms with Crippen LogP contribution in [0.2, 0.25) is 0 Å². The number of β-amino-alcohol motifs (C(OH)–C–C–N with tert-alkyl or cyclic N) is 1. The number of hydrogen-bond donors (Lipinski definition) is 2. The Bertz CT molecular complexity index is 487. The van der Waals surface area contributed by atoms with Gasteiger partial charge in [0.2, 0.25) is 0 Å². The Balaban J connectivity index is 2.43. The second kappa shape index (κ2) is 5.93. The summed E-state index contributed by atoms with van der Waals surface area (Å²) >= 11 is 1.54. The van der Waals surface area contributed by atoms with Gasteiger partial charge in [-0.2, -0.15) is 11.3 Å². The molecule has 110 valence electrons. The minimum Gasteiger partial charge on any atom is -0.479 e. The van der Waals surface area contributed by atoms with E-state index in [4.69, 9.17) is 0 Å². The molecule has 2 rings (SSSR count). The number of aliphatic hydroxyl groups is 1. The summed E-state index contributed by atoms with van der Waals surface area (Å²) in [4.78, 5) is 18.1. The van der Waals surface area contributed by atoms with Gasteiger partial charge in [-0.25, -0.2) is 4.79 Å². The lowest BCUT2D eigenvalue weighted by Crippen LogP contribution is -2.46. The van der Waals surface area contributed by atoms with Crippen LogP contribution in [0.1, 0.15) is 31.9 Å². The van der Waals surface area contributed by atoms with E-state index in [-0.39, 0.29) is 18.6 Å². The molecule has 1 aliphatic rings. The Labute approximate surface area is 122 Å². The van der Waals surface area contributed by atoms with Crippen LogP contribution in [0.5, 0.6) is 0 Å². The van der Waals surface area contributed by atoms with Crippen molar-refractivity contribution in [2.75, 3.05) is 13.2 Å². The highest BCUT2D eigenvalue weighted by molar-refractivity contribution is 7.08. The van der Waals surface area contributed by atoms with Gasteiger partial charge in [-0.05, 0) is 34.7 Å². The van der Waals surface area contributed by atoms with E-state index in [1.807, 2.05) is 35.6 Å². The fraction of sp³-hybridized carbons (Fsp3) is 0.571. The number of aliphatic hydroxyl groups excluding tert-OH is 1. The van der Waals surface area contributed by atoms with Gasteiger partial charge in [0.15, 0.2) is 5.54 Å². The Morgan fingerprint density at radius 2 is 2.35 bits per heavy atom. The zero-order valence-corrected chi connectivity index (χ0v) is 12.5. The minimum absolute atomic E-state index is 0.0238. The highest BCUT2D eigenvalue weighted by Crippen LogP contribution is 2.43. The molecule has 5 nitrogen and oxygen atoms in total. The van der Waals surface area contributed by atoms with Crippen molar-refractivity contribution in [3.63, 3.8) is 0 Å². The van der Waals surface area contributed by atoms with Gasteiger partial charge < -0.3 is 15.1 Å². The van der Waals surface area contributed by atoms with Crippen LogP contribution >= 0.6 is 11.3 Å². The van der Waals surface area contributed by atoms with Crippen molar-refractivity contribution >= 4 is 23.6 Å². The maximum atomic E-state index is 11.9. The molecule has 1 aromatic heterocycles. The first-order chi connectivity index (χ1) is 9.51. The third-order valence-corrected chi connectivity index (χ3v) is 4.23. The third-order valence-electron chi connectivity index (χ3n) is 3.53. The molecule has 2 N–H and O–H groups in total. The topological polar surface area (TPSA) is 73.1 Å². The fourth-order valence-corrected chi connectivity index (χ4v) is 3.51. The molecule has 0 aromatic carbocycles. The molecule has 0 bridgehead atoms. The number of carboxylic acid groups (broad SMARTS) is 1. The predicted octanol–water partition coefficient (Wildman–Crippen LogP) is 1.99. The zero-order valence-electron chi connectivity index (χ0n) is 11.7. The molecule has 2 heterocycles. The highest BCUT2D eigenvalue weighted by atomic mass is 32.1. The van der Waals surface area contributed by atoms with E-state index in [1.54, 1.807) is 17.7 Å². The molecule has 1 aliphatic heterocycles. The summed E-state index contributed by atoms with van der Waals surface area (Å²) in [5.41, 5.74) is -0.214. The van der Waals surface area contributed by atoms with Crippen molar-refractivity contribution in [1.82, 2.24) is 4.90 Å². The van der Waals surface area contributed by atoms with E-state index in [2.05, 4.69) is 4.99 Å². The molecule has 0 saturated carbocycles. The van der Waals surface area contributed by atoms with Gasteiger partial charge in [-0.15, -0.1) is 0 Å². The first kappa shape index (κ1) is 15.0. The molecule has 0 saturated heterocycles. The van der Waals surface area contributed by atoms with Crippen LogP contribution in [0.15, 0.2) is 21.8 Å². The van der Waals surface area contributed by atoms with Crippen molar-refractivity contribution in [2.24, 2.45) is 10.9 Å². The van der Waals surface area contributed by atoms with E-state index >= 15 is 0 Å². The summed E-state index contributed by atoms with van der Waals surface area (Å²) in [7, 11) is 0. The first-order valence-corrected chi connectivity index (χ1v) is 7.63. The van der Waals surface area contributed by atoms with Crippen molar-refractivity contribution in [3.05, 3.63) is 22.4 Å². The van der Waals surface area contributed by atoms with Gasteiger partial charge in [-0.3, -0.25) is 4.99 Å². The van der Waals surface area contributed by atoms with Gasteiger partial charge in [0.1, 0.15) is 0 Å². The molecule has 0 aliphatic carbocycles. The van der Waals surface area contributed by atoms with Crippen molar-refractivity contribution in [1.29, 1.82) is 0 Å². The number of carbonyl (C=O) groups is 1. The summed E-state index contributed by atoms with van der Waals surface area (Å²) in [6.45, 7) is 4.36. The second-order valence-corrected chi connectivity index (χ2v) is 6.27. The van der Waals surface area contributed by atoms with E-state index in [0.29, 0.717) is 13.0 Å². The van der Waals surface area contributed by atoms with Crippen LogP contribution in [-0.4, -0.2) is 46.1 Å². The van der Waals surface area contributed by atoms with Crippen LogP contribution in [0.3, 0.4) is 0 Å².